The number of H-pyrrole nitrogens is 1. The molecule has 0 saturated carbocycles. The van der Waals surface area contributed by atoms with Gasteiger partial charge in [-0.3, -0.25) is 14.7 Å². The summed E-state index contributed by atoms with van der Waals surface area (Å²) in [4.78, 5) is 26.0. The van der Waals surface area contributed by atoms with Crippen molar-refractivity contribution < 1.29 is 4.79 Å². The number of hydrogen-bond donors (Lipinski definition) is 2. The Morgan fingerprint density at radius 2 is 2.17 bits per heavy atom. The van der Waals surface area contributed by atoms with Gasteiger partial charge in [-0.05, 0) is 44.5 Å². The van der Waals surface area contributed by atoms with Crippen LogP contribution in [-0.4, -0.2) is 45.4 Å². The Morgan fingerprint density at radius 1 is 1.35 bits per heavy atom. The number of pyridine rings is 1. The van der Waals surface area contributed by atoms with Crippen LogP contribution in [0, 0.1) is 6.92 Å². The molecule has 0 radical (unpaired) electrons. The maximum Gasteiger partial charge on any atom is 0.287 e. The first-order valence-electron chi connectivity index (χ1n) is 8.18. The van der Waals surface area contributed by atoms with Gasteiger partial charge < -0.3 is 10.3 Å². The van der Waals surface area contributed by atoms with Gasteiger partial charge in [-0.1, -0.05) is 12.5 Å². The van der Waals surface area contributed by atoms with Crippen molar-refractivity contribution in [2.75, 3.05) is 19.6 Å². The van der Waals surface area contributed by atoms with Crippen molar-refractivity contribution >= 4 is 5.91 Å². The van der Waals surface area contributed by atoms with Gasteiger partial charge in [0.25, 0.3) is 5.91 Å². The van der Waals surface area contributed by atoms with Crippen LogP contribution in [0.1, 0.15) is 47.2 Å². The third-order valence-electron chi connectivity index (χ3n) is 4.27. The lowest BCUT2D eigenvalue weighted by Gasteiger charge is -2.34. The topological polar surface area (TPSA) is 73.9 Å². The molecule has 2 N–H and O–H groups in total. The van der Waals surface area contributed by atoms with E-state index in [4.69, 9.17) is 0 Å². The maximum absolute atomic E-state index is 12.2. The Kier molecular flexibility index (Phi) is 5.02. The number of aromatic nitrogens is 3. The largest absolute Gasteiger partial charge is 0.347 e. The monoisotopic (exact) mass is 313 g/mol. The molecule has 122 valence electrons. The summed E-state index contributed by atoms with van der Waals surface area (Å²) in [5.41, 5.74) is 2.03. The lowest BCUT2D eigenvalue weighted by atomic mass is 10.0. The summed E-state index contributed by atoms with van der Waals surface area (Å²) in [6.45, 7) is 4.57. The van der Waals surface area contributed by atoms with E-state index in [1.54, 1.807) is 12.4 Å². The summed E-state index contributed by atoms with van der Waals surface area (Å²) in [5, 5.41) is 3.01. The SMILES string of the molecule is Cc1cnc(C(=O)NC[C@@H](c2cccnc2)N2CCCCC2)[nH]1. The van der Waals surface area contributed by atoms with Gasteiger partial charge in [-0.25, -0.2) is 4.98 Å². The van der Waals surface area contributed by atoms with E-state index in [1.165, 1.54) is 19.3 Å². The summed E-state index contributed by atoms with van der Waals surface area (Å²) >= 11 is 0. The molecule has 0 unspecified atom stereocenters. The maximum atomic E-state index is 12.2. The van der Waals surface area contributed by atoms with Crippen LogP contribution in [0.5, 0.6) is 0 Å². The second-order valence-electron chi connectivity index (χ2n) is 6.02. The number of imidazole rings is 1. The molecule has 1 amide bonds. The van der Waals surface area contributed by atoms with Crippen molar-refractivity contribution in [2.24, 2.45) is 0 Å². The van der Waals surface area contributed by atoms with Crippen LogP contribution >= 0.6 is 0 Å². The lowest BCUT2D eigenvalue weighted by Crippen LogP contribution is -2.40. The Labute approximate surface area is 136 Å². The Hall–Kier alpha value is -2.21. The van der Waals surface area contributed by atoms with E-state index in [-0.39, 0.29) is 11.9 Å². The predicted octanol–water partition coefficient (Wildman–Crippen LogP) is 2.07. The van der Waals surface area contributed by atoms with Gasteiger partial charge in [0.15, 0.2) is 5.82 Å². The number of likely N-dealkylation sites (tertiary alicyclic amines) is 1. The molecule has 1 aliphatic heterocycles. The normalized spacial score (nSPS) is 16.9. The average molecular weight is 313 g/mol. The minimum absolute atomic E-state index is 0.156. The number of carbonyl (C=O) groups excluding carboxylic acids is 1. The molecular formula is C17H23N5O. The smallest absolute Gasteiger partial charge is 0.287 e. The van der Waals surface area contributed by atoms with Crippen molar-refractivity contribution in [2.45, 2.75) is 32.2 Å². The molecule has 6 nitrogen and oxygen atoms in total. The zero-order valence-electron chi connectivity index (χ0n) is 13.5. The highest BCUT2D eigenvalue weighted by Crippen LogP contribution is 2.23. The second kappa shape index (κ2) is 7.37. The van der Waals surface area contributed by atoms with Crippen molar-refractivity contribution in [3.05, 3.63) is 47.8 Å². The van der Waals surface area contributed by atoms with Gasteiger partial charge in [0.2, 0.25) is 0 Å². The number of nitrogens with one attached hydrogen (secondary N) is 2. The molecule has 3 heterocycles. The Morgan fingerprint density at radius 3 is 2.83 bits per heavy atom. The van der Waals surface area contributed by atoms with Gasteiger partial charge in [-0.15, -0.1) is 0 Å². The van der Waals surface area contributed by atoms with E-state index in [0.717, 1.165) is 24.3 Å². The molecule has 1 saturated heterocycles. The number of carbonyl (C=O) groups is 1. The number of nitrogens with zero attached hydrogens (tertiary/aromatic N) is 3. The van der Waals surface area contributed by atoms with Gasteiger partial charge in [0.05, 0.1) is 6.04 Å². The van der Waals surface area contributed by atoms with E-state index in [0.29, 0.717) is 12.4 Å². The third kappa shape index (κ3) is 3.96. The molecule has 6 heteroatoms. The zero-order chi connectivity index (χ0) is 16.1. The third-order valence-corrected chi connectivity index (χ3v) is 4.27. The standard InChI is InChI=1S/C17H23N5O/c1-13-10-19-16(21-13)17(23)20-12-15(14-6-5-7-18-11-14)22-8-3-2-4-9-22/h5-7,10-11,15H,2-4,8-9,12H2,1H3,(H,19,21)(H,20,23)/t15-/m0/s1. The molecule has 1 aliphatic rings. The molecule has 0 aromatic carbocycles. The van der Waals surface area contributed by atoms with Crippen LogP contribution in [0.4, 0.5) is 0 Å². The summed E-state index contributed by atoms with van der Waals surface area (Å²) in [6, 6.07) is 4.18. The molecule has 2 aromatic heterocycles. The quantitative estimate of drug-likeness (QED) is 0.886. The van der Waals surface area contributed by atoms with Crippen LogP contribution in [0.15, 0.2) is 30.7 Å². The van der Waals surface area contributed by atoms with Crippen molar-refractivity contribution in [3.63, 3.8) is 0 Å². The minimum atomic E-state index is -0.163. The van der Waals surface area contributed by atoms with Crippen LogP contribution in [0.2, 0.25) is 0 Å². The first-order chi connectivity index (χ1) is 11.2. The van der Waals surface area contributed by atoms with Crippen molar-refractivity contribution in [3.8, 4) is 0 Å². The van der Waals surface area contributed by atoms with E-state index >= 15 is 0 Å². The summed E-state index contributed by atoms with van der Waals surface area (Å²) in [6.07, 6.45) is 9.04. The van der Waals surface area contributed by atoms with Crippen LogP contribution < -0.4 is 5.32 Å². The van der Waals surface area contributed by atoms with E-state index < -0.39 is 0 Å². The van der Waals surface area contributed by atoms with Gasteiger partial charge >= 0.3 is 0 Å². The molecule has 1 fully saturated rings. The fourth-order valence-electron chi connectivity index (χ4n) is 3.06. The summed E-state index contributed by atoms with van der Waals surface area (Å²) in [7, 11) is 0. The van der Waals surface area contributed by atoms with E-state index in [2.05, 4.69) is 31.2 Å². The number of piperidine rings is 1. The minimum Gasteiger partial charge on any atom is -0.347 e. The molecule has 3 rings (SSSR count). The summed E-state index contributed by atoms with van der Waals surface area (Å²) < 4.78 is 0. The zero-order valence-corrected chi connectivity index (χ0v) is 13.5. The van der Waals surface area contributed by atoms with Crippen molar-refractivity contribution in [1.82, 2.24) is 25.2 Å². The molecule has 23 heavy (non-hydrogen) atoms. The highest BCUT2D eigenvalue weighted by atomic mass is 16.2. The summed E-state index contributed by atoms with van der Waals surface area (Å²) in [5.74, 6) is 0.204. The molecule has 1 atom stereocenters. The molecular weight excluding hydrogens is 290 g/mol. The molecule has 2 aromatic rings. The molecule has 0 aliphatic carbocycles. The fraction of sp³-hybridized carbons (Fsp3) is 0.471. The highest BCUT2D eigenvalue weighted by Gasteiger charge is 2.23. The van der Waals surface area contributed by atoms with Gasteiger partial charge in [0.1, 0.15) is 0 Å². The number of hydrogen-bond acceptors (Lipinski definition) is 4. The number of aromatic amines is 1. The molecule has 0 bridgehead atoms. The Bertz CT molecular complexity index is 633. The van der Waals surface area contributed by atoms with Crippen molar-refractivity contribution in [1.29, 1.82) is 0 Å². The number of amides is 1. The van der Waals surface area contributed by atoms with Crippen LogP contribution in [0.3, 0.4) is 0 Å². The van der Waals surface area contributed by atoms with Gasteiger partial charge in [-0.2, -0.15) is 0 Å². The van der Waals surface area contributed by atoms with Gasteiger partial charge in [0, 0.05) is 30.8 Å². The van der Waals surface area contributed by atoms with Crippen LogP contribution in [0.25, 0.3) is 0 Å². The second-order valence-corrected chi connectivity index (χ2v) is 6.02. The lowest BCUT2D eigenvalue weighted by molar-refractivity contribution is 0.0915. The number of rotatable bonds is 5. The first kappa shape index (κ1) is 15.7. The van der Waals surface area contributed by atoms with E-state index in [9.17, 15) is 4.79 Å². The Balaban J connectivity index is 1.69. The average Bonchev–Trinajstić information content (AvgIpc) is 3.03. The predicted molar refractivity (Wildman–Crippen MR) is 88.1 cm³/mol. The fourth-order valence-corrected chi connectivity index (χ4v) is 3.06. The number of aryl methyl sites for hydroxylation is 1. The molecule has 0 spiro atoms. The van der Waals surface area contributed by atoms with E-state index in [1.807, 2.05) is 19.2 Å². The highest BCUT2D eigenvalue weighted by molar-refractivity contribution is 5.90. The first-order valence-corrected chi connectivity index (χ1v) is 8.18. The van der Waals surface area contributed by atoms with Crippen LogP contribution in [-0.2, 0) is 0 Å².